The Labute approximate surface area is 149 Å². The molecule has 1 aliphatic heterocycles. The summed E-state index contributed by atoms with van der Waals surface area (Å²) >= 11 is 0. The van der Waals surface area contributed by atoms with Crippen molar-refractivity contribution in [2.24, 2.45) is 0 Å². The normalized spacial score (nSPS) is 16.9. The molecule has 6 nitrogen and oxygen atoms in total. The van der Waals surface area contributed by atoms with Crippen molar-refractivity contribution in [3.8, 4) is 17.2 Å². The lowest BCUT2D eigenvalue weighted by Gasteiger charge is -2.16. The van der Waals surface area contributed by atoms with E-state index in [1.165, 1.54) is 6.07 Å². The summed E-state index contributed by atoms with van der Waals surface area (Å²) < 4.78 is 24.3. The highest BCUT2D eigenvalue weighted by molar-refractivity contribution is 5.96. The van der Waals surface area contributed by atoms with E-state index in [2.05, 4.69) is 10.1 Å². The Bertz CT molecular complexity index is 956. The largest absolute Gasteiger partial charge is 0.497 e. The van der Waals surface area contributed by atoms with Gasteiger partial charge in [-0.1, -0.05) is 23.4 Å². The maximum absolute atomic E-state index is 13.9. The quantitative estimate of drug-likeness (QED) is 0.719. The highest BCUT2D eigenvalue weighted by Crippen LogP contribution is 2.33. The molecule has 0 bridgehead atoms. The number of aromatic nitrogens is 2. The van der Waals surface area contributed by atoms with Crippen molar-refractivity contribution in [3.05, 3.63) is 60.2 Å². The summed E-state index contributed by atoms with van der Waals surface area (Å²) in [5.41, 5.74) is 1.01. The first-order valence-corrected chi connectivity index (χ1v) is 8.18. The van der Waals surface area contributed by atoms with Crippen LogP contribution in [0.1, 0.15) is 18.2 Å². The molecule has 1 unspecified atom stereocenters. The number of ether oxygens (including phenoxy) is 1. The van der Waals surface area contributed by atoms with Crippen molar-refractivity contribution in [2.75, 3.05) is 18.6 Å². The van der Waals surface area contributed by atoms with Gasteiger partial charge >= 0.3 is 0 Å². The van der Waals surface area contributed by atoms with E-state index in [0.29, 0.717) is 18.1 Å². The highest BCUT2D eigenvalue weighted by atomic mass is 19.1. The number of benzene rings is 2. The second kappa shape index (κ2) is 6.59. The van der Waals surface area contributed by atoms with Gasteiger partial charge in [-0.3, -0.25) is 4.79 Å². The summed E-state index contributed by atoms with van der Waals surface area (Å²) in [7, 11) is 1.58. The molecule has 0 N–H and O–H groups in total. The number of rotatable bonds is 4. The van der Waals surface area contributed by atoms with Crippen LogP contribution in [-0.4, -0.2) is 29.7 Å². The summed E-state index contributed by atoms with van der Waals surface area (Å²) in [6.07, 6.45) is 0.271. The Morgan fingerprint density at radius 1 is 1.23 bits per heavy atom. The monoisotopic (exact) mass is 353 g/mol. The number of carbonyl (C=O) groups excluding carboxylic acids is 1. The second-order valence-corrected chi connectivity index (χ2v) is 6.04. The molecule has 0 saturated carbocycles. The number of amides is 1. The Kier molecular flexibility index (Phi) is 4.12. The third-order valence-electron chi connectivity index (χ3n) is 4.40. The van der Waals surface area contributed by atoms with Crippen LogP contribution in [0.2, 0.25) is 0 Å². The lowest BCUT2D eigenvalue weighted by atomic mass is 10.1. The van der Waals surface area contributed by atoms with Crippen molar-refractivity contribution < 1.29 is 18.4 Å². The third kappa shape index (κ3) is 2.92. The fourth-order valence-corrected chi connectivity index (χ4v) is 3.05. The molecule has 2 heterocycles. The van der Waals surface area contributed by atoms with Crippen molar-refractivity contribution in [1.82, 2.24) is 10.1 Å². The first kappa shape index (κ1) is 16.3. The van der Waals surface area contributed by atoms with Gasteiger partial charge in [0.2, 0.25) is 5.91 Å². The van der Waals surface area contributed by atoms with Gasteiger partial charge in [-0.15, -0.1) is 0 Å². The van der Waals surface area contributed by atoms with Crippen LogP contribution in [0.25, 0.3) is 11.5 Å². The zero-order valence-corrected chi connectivity index (χ0v) is 14.1. The molecule has 7 heteroatoms. The van der Waals surface area contributed by atoms with Gasteiger partial charge in [0.05, 0.1) is 12.7 Å². The van der Waals surface area contributed by atoms with Gasteiger partial charge < -0.3 is 14.2 Å². The predicted molar refractivity (Wildman–Crippen MR) is 92.4 cm³/mol. The number of methoxy groups -OCH3 is 1. The lowest BCUT2D eigenvalue weighted by Crippen LogP contribution is -2.24. The van der Waals surface area contributed by atoms with Crippen LogP contribution >= 0.6 is 0 Å². The zero-order valence-electron chi connectivity index (χ0n) is 14.1. The van der Waals surface area contributed by atoms with Crippen LogP contribution in [-0.2, 0) is 4.79 Å². The summed E-state index contributed by atoms with van der Waals surface area (Å²) in [5.74, 6) is 0.536. The number of halogens is 1. The molecule has 1 saturated heterocycles. The first-order valence-electron chi connectivity index (χ1n) is 8.18. The molecule has 1 fully saturated rings. The maximum atomic E-state index is 13.9. The van der Waals surface area contributed by atoms with Gasteiger partial charge in [0.25, 0.3) is 5.89 Å². The van der Waals surface area contributed by atoms with Crippen LogP contribution < -0.4 is 9.64 Å². The van der Waals surface area contributed by atoms with Crippen molar-refractivity contribution >= 4 is 11.6 Å². The number of anilines is 1. The van der Waals surface area contributed by atoms with Gasteiger partial charge in [0.1, 0.15) is 11.6 Å². The molecule has 1 aliphatic rings. The molecule has 1 amide bonds. The molecule has 2 aromatic carbocycles. The summed E-state index contributed by atoms with van der Waals surface area (Å²) in [6.45, 7) is 0.433. The van der Waals surface area contributed by atoms with Gasteiger partial charge in [-0.25, -0.2) is 4.39 Å². The van der Waals surface area contributed by atoms with Gasteiger partial charge in [0.15, 0.2) is 5.82 Å². The molecule has 4 rings (SSSR count). The summed E-state index contributed by atoms with van der Waals surface area (Å²) in [4.78, 5) is 18.4. The number of hydrogen-bond donors (Lipinski definition) is 0. The molecule has 0 aliphatic carbocycles. The van der Waals surface area contributed by atoms with E-state index < -0.39 is 5.82 Å². The molecule has 0 spiro atoms. The van der Waals surface area contributed by atoms with Crippen LogP contribution in [0.3, 0.4) is 0 Å². The molecule has 26 heavy (non-hydrogen) atoms. The van der Waals surface area contributed by atoms with E-state index in [4.69, 9.17) is 9.26 Å². The SMILES string of the molecule is COc1cccc(N2CC(c3noc(-c4ccccc4F)n3)CC2=O)c1. The van der Waals surface area contributed by atoms with Crippen LogP contribution in [0.5, 0.6) is 5.75 Å². The summed E-state index contributed by atoms with van der Waals surface area (Å²) in [5, 5.41) is 3.96. The summed E-state index contributed by atoms with van der Waals surface area (Å²) in [6, 6.07) is 13.5. The smallest absolute Gasteiger partial charge is 0.260 e. The fraction of sp³-hybridized carbons (Fsp3) is 0.211. The highest BCUT2D eigenvalue weighted by Gasteiger charge is 2.35. The van der Waals surface area contributed by atoms with Crippen molar-refractivity contribution in [3.63, 3.8) is 0 Å². The lowest BCUT2D eigenvalue weighted by molar-refractivity contribution is -0.117. The number of hydrogen-bond acceptors (Lipinski definition) is 5. The molecule has 132 valence electrons. The minimum Gasteiger partial charge on any atom is -0.497 e. The Morgan fingerprint density at radius 2 is 2.08 bits per heavy atom. The van der Waals surface area contributed by atoms with Crippen molar-refractivity contribution in [1.29, 1.82) is 0 Å². The number of carbonyl (C=O) groups is 1. The van der Waals surface area contributed by atoms with Gasteiger partial charge in [0, 0.05) is 30.6 Å². The van der Waals surface area contributed by atoms with E-state index in [1.54, 1.807) is 36.3 Å². The van der Waals surface area contributed by atoms with Crippen LogP contribution in [0.15, 0.2) is 53.1 Å². The average molecular weight is 353 g/mol. The topological polar surface area (TPSA) is 68.5 Å². The van der Waals surface area contributed by atoms with E-state index >= 15 is 0 Å². The molecule has 1 atom stereocenters. The van der Waals surface area contributed by atoms with E-state index in [0.717, 1.165) is 5.69 Å². The Hall–Kier alpha value is -3.22. The predicted octanol–water partition coefficient (Wildman–Crippen LogP) is 3.40. The molecular weight excluding hydrogens is 337 g/mol. The van der Waals surface area contributed by atoms with Gasteiger partial charge in [-0.2, -0.15) is 4.98 Å². The minimum absolute atomic E-state index is 0.0273. The second-order valence-electron chi connectivity index (χ2n) is 6.04. The molecule has 0 radical (unpaired) electrons. The molecule has 3 aromatic rings. The van der Waals surface area contributed by atoms with Crippen LogP contribution in [0.4, 0.5) is 10.1 Å². The Morgan fingerprint density at radius 3 is 2.88 bits per heavy atom. The molecular formula is C19H16FN3O3. The zero-order chi connectivity index (χ0) is 18.1. The first-order chi connectivity index (χ1) is 12.7. The molecule has 1 aromatic heterocycles. The van der Waals surface area contributed by atoms with E-state index in [9.17, 15) is 9.18 Å². The average Bonchev–Trinajstić information content (AvgIpc) is 3.29. The van der Waals surface area contributed by atoms with E-state index in [1.807, 2.05) is 18.2 Å². The fourth-order valence-electron chi connectivity index (χ4n) is 3.05. The minimum atomic E-state index is -0.428. The maximum Gasteiger partial charge on any atom is 0.260 e. The van der Waals surface area contributed by atoms with Gasteiger partial charge in [-0.05, 0) is 24.3 Å². The van der Waals surface area contributed by atoms with Crippen LogP contribution in [0, 0.1) is 5.82 Å². The third-order valence-corrected chi connectivity index (χ3v) is 4.40. The Balaban J connectivity index is 1.57. The van der Waals surface area contributed by atoms with Crippen molar-refractivity contribution in [2.45, 2.75) is 12.3 Å². The standard InChI is InChI=1S/C19H16FN3O3/c1-25-14-6-4-5-13(10-14)23-11-12(9-17(23)24)18-21-19(26-22-18)15-7-2-3-8-16(15)20/h2-8,10,12H,9,11H2,1H3. The van der Waals surface area contributed by atoms with E-state index in [-0.39, 0.29) is 29.7 Å². The number of nitrogens with zero attached hydrogens (tertiary/aromatic N) is 3.